The van der Waals surface area contributed by atoms with Crippen molar-refractivity contribution in [2.45, 2.75) is 23.9 Å². The fraction of sp³-hybridized carbons (Fsp3) is 0.136. The number of hydrogen-bond acceptors (Lipinski definition) is 7. The summed E-state index contributed by atoms with van der Waals surface area (Å²) >= 11 is 7.33. The molecule has 0 fully saturated rings. The zero-order valence-corrected chi connectivity index (χ0v) is 18.9. The van der Waals surface area contributed by atoms with E-state index in [-0.39, 0.29) is 16.6 Å². The molecule has 0 aliphatic carbocycles. The number of halogens is 1. The highest BCUT2D eigenvalue weighted by Crippen LogP contribution is 2.30. The van der Waals surface area contributed by atoms with Gasteiger partial charge >= 0.3 is 0 Å². The van der Waals surface area contributed by atoms with E-state index in [1.165, 1.54) is 30.0 Å². The number of nitrogens with zero attached hydrogens (tertiary/aromatic N) is 4. The Labute approximate surface area is 197 Å². The maximum Gasteiger partial charge on any atom is 0.271 e. The van der Waals surface area contributed by atoms with Crippen molar-refractivity contribution in [3.63, 3.8) is 0 Å². The molecule has 0 radical (unpaired) electrons. The second kappa shape index (κ2) is 9.88. The first-order valence-corrected chi connectivity index (χ1v) is 11.1. The number of nitrogens with one attached hydrogen (secondary N) is 1. The van der Waals surface area contributed by atoms with Crippen LogP contribution in [-0.2, 0) is 11.3 Å². The first kappa shape index (κ1) is 22.6. The number of carbonyl (C=O) groups excluding carboxylic acids is 1. The number of non-ortho nitro benzene ring substituents is 1. The van der Waals surface area contributed by atoms with Crippen molar-refractivity contribution in [2.75, 3.05) is 5.32 Å². The van der Waals surface area contributed by atoms with Crippen molar-refractivity contribution in [3.05, 3.63) is 87.6 Å². The summed E-state index contributed by atoms with van der Waals surface area (Å²) in [5.41, 5.74) is 1.18. The van der Waals surface area contributed by atoms with E-state index >= 15 is 0 Å². The highest BCUT2D eigenvalue weighted by atomic mass is 35.5. The van der Waals surface area contributed by atoms with Crippen molar-refractivity contribution >= 4 is 40.6 Å². The molecule has 11 heteroatoms. The third-order valence-electron chi connectivity index (χ3n) is 4.71. The highest BCUT2D eigenvalue weighted by Gasteiger charge is 2.23. The number of anilines is 1. The van der Waals surface area contributed by atoms with Crippen LogP contribution in [0.25, 0.3) is 11.6 Å². The Morgan fingerprint density at radius 3 is 2.67 bits per heavy atom. The number of thioether (sulfide) groups is 1. The monoisotopic (exact) mass is 483 g/mol. The third-order valence-corrected chi connectivity index (χ3v) is 6.11. The fourth-order valence-electron chi connectivity index (χ4n) is 3.04. The largest absolute Gasteiger partial charge is 0.461 e. The minimum Gasteiger partial charge on any atom is -0.461 e. The number of hydrogen-bond donors (Lipinski definition) is 1. The van der Waals surface area contributed by atoms with Crippen LogP contribution in [0.4, 0.5) is 11.4 Å². The summed E-state index contributed by atoms with van der Waals surface area (Å²) in [7, 11) is 0. The van der Waals surface area contributed by atoms with Crippen LogP contribution < -0.4 is 5.32 Å². The fourth-order valence-corrected chi connectivity index (χ4v) is 4.11. The van der Waals surface area contributed by atoms with Gasteiger partial charge in [-0.1, -0.05) is 53.7 Å². The molecule has 0 aliphatic rings. The lowest BCUT2D eigenvalue weighted by molar-refractivity contribution is -0.384. The van der Waals surface area contributed by atoms with Gasteiger partial charge in [-0.05, 0) is 30.7 Å². The van der Waals surface area contributed by atoms with Crippen LogP contribution >= 0.6 is 23.4 Å². The number of aromatic nitrogens is 3. The average molecular weight is 484 g/mol. The van der Waals surface area contributed by atoms with Gasteiger partial charge in [0.05, 0.1) is 33.7 Å². The molecule has 1 unspecified atom stereocenters. The van der Waals surface area contributed by atoms with Gasteiger partial charge in [0.2, 0.25) is 11.7 Å². The van der Waals surface area contributed by atoms with Crippen LogP contribution in [0.5, 0.6) is 0 Å². The Bertz CT molecular complexity index is 1280. The summed E-state index contributed by atoms with van der Waals surface area (Å²) in [4.78, 5) is 23.1. The highest BCUT2D eigenvalue weighted by molar-refractivity contribution is 8.00. The normalized spacial score (nSPS) is 11.8. The quantitative estimate of drug-likeness (QED) is 0.206. The van der Waals surface area contributed by atoms with Gasteiger partial charge in [-0.3, -0.25) is 19.5 Å². The van der Waals surface area contributed by atoms with E-state index in [4.69, 9.17) is 16.0 Å². The van der Waals surface area contributed by atoms with Gasteiger partial charge in [-0.15, -0.1) is 10.2 Å². The van der Waals surface area contributed by atoms with Crippen LogP contribution in [-0.4, -0.2) is 30.8 Å². The average Bonchev–Trinajstić information content (AvgIpc) is 3.46. The molecule has 2 heterocycles. The van der Waals surface area contributed by atoms with Crippen molar-refractivity contribution in [1.82, 2.24) is 14.8 Å². The van der Waals surface area contributed by atoms with Gasteiger partial charge in [-0.2, -0.15) is 0 Å². The minimum absolute atomic E-state index is 0.0853. The summed E-state index contributed by atoms with van der Waals surface area (Å²) in [6.07, 6.45) is 1.56. The molecule has 1 atom stereocenters. The molecule has 0 spiro atoms. The molecule has 168 valence electrons. The van der Waals surface area contributed by atoms with E-state index in [0.29, 0.717) is 29.0 Å². The van der Waals surface area contributed by atoms with E-state index in [2.05, 4.69) is 15.5 Å². The Morgan fingerprint density at radius 2 is 2.00 bits per heavy atom. The van der Waals surface area contributed by atoms with E-state index in [0.717, 1.165) is 5.56 Å². The number of nitro groups is 1. The molecular weight excluding hydrogens is 466 g/mol. The van der Waals surface area contributed by atoms with Crippen molar-refractivity contribution in [1.29, 1.82) is 0 Å². The van der Waals surface area contributed by atoms with Gasteiger partial charge in [-0.25, -0.2) is 0 Å². The standard InChI is InChI=1S/C22H18ClN5O4S/c1-14(21(29)24-18-10-9-16(28(30)31)12-17(18)23)33-22-26-25-20(19-8-5-11-32-19)27(22)13-15-6-3-2-4-7-15/h2-12,14H,13H2,1H3,(H,24,29). The zero-order chi connectivity index (χ0) is 23.4. The smallest absolute Gasteiger partial charge is 0.271 e. The molecule has 1 amide bonds. The molecule has 0 saturated heterocycles. The predicted octanol–water partition coefficient (Wildman–Crippen LogP) is 5.27. The Morgan fingerprint density at radius 1 is 1.21 bits per heavy atom. The van der Waals surface area contributed by atoms with Gasteiger partial charge in [0, 0.05) is 12.1 Å². The Hall–Kier alpha value is -3.63. The third kappa shape index (κ3) is 5.24. The lowest BCUT2D eigenvalue weighted by Gasteiger charge is -2.14. The summed E-state index contributed by atoms with van der Waals surface area (Å²) in [5, 5.41) is 22.2. The molecule has 1 N–H and O–H groups in total. The SMILES string of the molecule is CC(Sc1nnc(-c2ccco2)n1Cc1ccccc1)C(=O)Nc1ccc([N+](=O)[O-])cc1Cl. The molecule has 2 aromatic carbocycles. The molecule has 0 bridgehead atoms. The molecule has 4 aromatic rings. The van der Waals surface area contributed by atoms with E-state index in [1.807, 2.05) is 34.9 Å². The summed E-state index contributed by atoms with van der Waals surface area (Å²) < 4.78 is 7.40. The molecule has 9 nitrogen and oxygen atoms in total. The van der Waals surface area contributed by atoms with E-state index in [1.54, 1.807) is 25.3 Å². The Balaban J connectivity index is 1.54. The second-order valence-electron chi connectivity index (χ2n) is 7.03. The summed E-state index contributed by atoms with van der Waals surface area (Å²) in [6.45, 7) is 2.22. The van der Waals surface area contributed by atoms with Gasteiger partial charge in [0.1, 0.15) is 0 Å². The van der Waals surface area contributed by atoms with Crippen LogP contribution in [0.3, 0.4) is 0 Å². The maximum absolute atomic E-state index is 12.8. The van der Waals surface area contributed by atoms with Gasteiger partial charge < -0.3 is 9.73 Å². The topological polar surface area (TPSA) is 116 Å². The maximum atomic E-state index is 12.8. The summed E-state index contributed by atoms with van der Waals surface area (Å²) in [5.74, 6) is 0.794. The van der Waals surface area contributed by atoms with Crippen molar-refractivity contribution in [3.8, 4) is 11.6 Å². The number of rotatable bonds is 8. The van der Waals surface area contributed by atoms with Gasteiger partial charge in [0.15, 0.2) is 10.9 Å². The molecular formula is C22H18ClN5O4S. The molecule has 2 aromatic heterocycles. The van der Waals surface area contributed by atoms with Crippen molar-refractivity contribution in [2.24, 2.45) is 0 Å². The number of nitro benzene ring substituents is 1. The number of benzene rings is 2. The Kier molecular flexibility index (Phi) is 6.76. The van der Waals surface area contributed by atoms with Crippen molar-refractivity contribution < 1.29 is 14.1 Å². The van der Waals surface area contributed by atoms with Crippen LogP contribution in [0.15, 0.2) is 76.5 Å². The van der Waals surface area contributed by atoms with Gasteiger partial charge in [0.25, 0.3) is 5.69 Å². The zero-order valence-electron chi connectivity index (χ0n) is 17.3. The lowest BCUT2D eigenvalue weighted by Crippen LogP contribution is -2.23. The van der Waals surface area contributed by atoms with Crippen LogP contribution in [0.1, 0.15) is 12.5 Å². The summed E-state index contributed by atoms with van der Waals surface area (Å²) in [6, 6.07) is 17.3. The first-order valence-electron chi connectivity index (χ1n) is 9.85. The number of carbonyl (C=O) groups is 1. The van der Waals surface area contributed by atoms with Crippen LogP contribution in [0, 0.1) is 10.1 Å². The first-order chi connectivity index (χ1) is 15.9. The molecule has 4 rings (SSSR count). The second-order valence-corrected chi connectivity index (χ2v) is 8.74. The van der Waals surface area contributed by atoms with Crippen LogP contribution in [0.2, 0.25) is 5.02 Å². The molecule has 0 aliphatic heterocycles. The van der Waals surface area contributed by atoms with E-state index < -0.39 is 10.2 Å². The lowest BCUT2D eigenvalue weighted by atomic mass is 10.2. The molecule has 0 saturated carbocycles. The minimum atomic E-state index is -0.556. The predicted molar refractivity (Wildman–Crippen MR) is 125 cm³/mol. The number of furan rings is 1. The number of amides is 1. The van der Waals surface area contributed by atoms with E-state index in [9.17, 15) is 14.9 Å². The molecule has 33 heavy (non-hydrogen) atoms.